The van der Waals surface area contributed by atoms with Gasteiger partial charge in [-0.2, -0.15) is 4.98 Å². The molecule has 5 rings (SSSR count). The number of ether oxygens (including phenoxy) is 1. The molecule has 0 spiro atoms. The van der Waals surface area contributed by atoms with Crippen LogP contribution in [0.1, 0.15) is 62.2 Å². The van der Waals surface area contributed by atoms with Gasteiger partial charge in [0.05, 0.1) is 35.6 Å². The molecule has 0 saturated heterocycles. The second-order valence-corrected chi connectivity index (χ2v) is 9.60. The van der Waals surface area contributed by atoms with E-state index in [9.17, 15) is 9.90 Å². The Morgan fingerprint density at radius 3 is 2.80 bits per heavy atom. The van der Waals surface area contributed by atoms with Gasteiger partial charge in [0.2, 0.25) is 0 Å². The monoisotopic (exact) mass is 481 g/mol. The van der Waals surface area contributed by atoms with E-state index in [1.54, 1.807) is 4.68 Å². The largest absolute Gasteiger partial charge is 0.489 e. The lowest BCUT2D eigenvalue weighted by Crippen LogP contribution is -2.29. The van der Waals surface area contributed by atoms with Gasteiger partial charge in [-0.3, -0.25) is 4.79 Å². The Morgan fingerprint density at radius 1 is 1.23 bits per heavy atom. The molecule has 0 amide bonds. The third kappa shape index (κ3) is 5.28. The number of hydrogen-bond acceptors (Lipinski definition) is 9. The first-order chi connectivity index (χ1) is 17.0. The maximum Gasteiger partial charge on any atom is 0.321 e. The molecule has 0 aliphatic heterocycles. The summed E-state index contributed by atoms with van der Waals surface area (Å²) in [5.41, 5.74) is 2.90. The van der Waals surface area contributed by atoms with Crippen LogP contribution in [0.15, 0.2) is 16.7 Å². The Balaban J connectivity index is 1.25. The molecule has 0 radical (unpaired) electrons. The number of hydrogen-bond donors (Lipinski definition) is 2. The predicted molar refractivity (Wildman–Crippen MR) is 126 cm³/mol. The molecule has 0 unspecified atom stereocenters. The fraction of sp³-hybridized carbons (Fsp3) is 0.583. The van der Waals surface area contributed by atoms with Crippen LogP contribution in [0.2, 0.25) is 0 Å². The van der Waals surface area contributed by atoms with Crippen molar-refractivity contribution in [3.8, 4) is 17.1 Å². The molecule has 3 aromatic heterocycles. The highest BCUT2D eigenvalue weighted by atomic mass is 16.5. The van der Waals surface area contributed by atoms with Crippen molar-refractivity contribution in [2.45, 2.75) is 70.9 Å². The SMILES string of the molecule is Cc1nc(-c2nnn(C)c2CNc2nc(CC3CCC3)no2)ccc1O[C@H]1CCC[C@H](C(=O)O)C1. The quantitative estimate of drug-likeness (QED) is 0.466. The van der Waals surface area contributed by atoms with Gasteiger partial charge < -0.3 is 19.7 Å². The van der Waals surface area contributed by atoms with E-state index in [4.69, 9.17) is 14.2 Å². The minimum Gasteiger partial charge on any atom is -0.489 e. The Labute approximate surface area is 203 Å². The zero-order chi connectivity index (χ0) is 24.4. The highest BCUT2D eigenvalue weighted by molar-refractivity contribution is 5.70. The molecule has 2 N–H and O–H groups in total. The molecule has 35 heavy (non-hydrogen) atoms. The molecule has 2 aliphatic rings. The number of nitrogens with one attached hydrogen (secondary N) is 1. The zero-order valence-electron chi connectivity index (χ0n) is 20.1. The fourth-order valence-corrected chi connectivity index (χ4v) is 4.76. The van der Waals surface area contributed by atoms with Crippen LogP contribution < -0.4 is 10.1 Å². The number of carboxylic acids is 1. The van der Waals surface area contributed by atoms with E-state index in [1.807, 2.05) is 26.1 Å². The first-order valence-corrected chi connectivity index (χ1v) is 12.3. The first-order valence-electron chi connectivity index (χ1n) is 12.3. The van der Waals surface area contributed by atoms with Gasteiger partial charge in [0.1, 0.15) is 11.4 Å². The van der Waals surface area contributed by atoms with Crippen molar-refractivity contribution >= 4 is 12.0 Å². The molecule has 3 aromatic rings. The molecule has 11 nitrogen and oxygen atoms in total. The van der Waals surface area contributed by atoms with Crippen molar-refractivity contribution in [3.63, 3.8) is 0 Å². The fourth-order valence-electron chi connectivity index (χ4n) is 4.76. The summed E-state index contributed by atoms with van der Waals surface area (Å²) in [5.74, 6) is 0.983. The summed E-state index contributed by atoms with van der Waals surface area (Å²) in [7, 11) is 1.83. The number of nitrogens with zero attached hydrogens (tertiary/aromatic N) is 6. The summed E-state index contributed by atoms with van der Waals surface area (Å²) in [6, 6.07) is 4.11. The summed E-state index contributed by atoms with van der Waals surface area (Å²) < 4.78 is 13.2. The molecule has 2 saturated carbocycles. The number of rotatable bonds is 9. The molecule has 2 atom stereocenters. The standard InChI is InChI=1S/C24H31N7O4/c1-14-20(34-17-8-4-7-16(12-17)23(32)33)10-9-18(26-14)22-19(31(2)30-28-22)13-25-24-27-21(29-35-24)11-15-5-3-6-15/h9-10,15-17H,3-8,11-13H2,1-2H3,(H,32,33)(H,25,27,29)/t16-,17-/m0/s1. The van der Waals surface area contributed by atoms with Gasteiger partial charge in [0, 0.05) is 13.5 Å². The second-order valence-electron chi connectivity index (χ2n) is 9.60. The van der Waals surface area contributed by atoms with Gasteiger partial charge in [-0.05, 0) is 50.7 Å². The molecule has 0 bridgehead atoms. The number of aromatic nitrogens is 6. The van der Waals surface area contributed by atoms with Gasteiger partial charge in [-0.1, -0.05) is 29.6 Å². The summed E-state index contributed by atoms with van der Waals surface area (Å²) in [5, 5.41) is 25.1. The van der Waals surface area contributed by atoms with Gasteiger partial charge in [-0.15, -0.1) is 5.10 Å². The maximum absolute atomic E-state index is 11.4. The molecule has 2 fully saturated rings. The Bertz CT molecular complexity index is 1190. The molecule has 2 aliphatic carbocycles. The van der Waals surface area contributed by atoms with E-state index < -0.39 is 5.97 Å². The molecular weight excluding hydrogens is 450 g/mol. The molecule has 11 heteroatoms. The van der Waals surface area contributed by atoms with Gasteiger partial charge >= 0.3 is 12.0 Å². The van der Waals surface area contributed by atoms with Crippen LogP contribution in [0.3, 0.4) is 0 Å². The van der Waals surface area contributed by atoms with Crippen LogP contribution in [0, 0.1) is 18.8 Å². The highest BCUT2D eigenvalue weighted by Crippen LogP contribution is 2.31. The van der Waals surface area contributed by atoms with Crippen LogP contribution in [-0.4, -0.2) is 47.3 Å². The minimum atomic E-state index is -0.748. The average molecular weight is 482 g/mol. The van der Waals surface area contributed by atoms with E-state index >= 15 is 0 Å². The molecule has 186 valence electrons. The van der Waals surface area contributed by atoms with E-state index in [2.05, 4.69) is 25.8 Å². The lowest BCUT2D eigenvalue weighted by Gasteiger charge is -2.27. The Kier molecular flexibility index (Phi) is 6.65. The van der Waals surface area contributed by atoms with E-state index in [0.29, 0.717) is 48.5 Å². The number of pyridine rings is 1. The molecule has 0 aromatic carbocycles. The molecular formula is C24H31N7O4. The number of carboxylic acid groups (broad SMARTS) is 1. The van der Waals surface area contributed by atoms with Gasteiger partial charge in [-0.25, -0.2) is 9.67 Å². The van der Waals surface area contributed by atoms with Crippen LogP contribution in [-0.2, 0) is 24.8 Å². The Morgan fingerprint density at radius 2 is 2.06 bits per heavy atom. The average Bonchev–Trinajstić information content (AvgIpc) is 3.42. The van der Waals surface area contributed by atoms with Crippen molar-refractivity contribution in [2.75, 3.05) is 5.32 Å². The van der Waals surface area contributed by atoms with Crippen LogP contribution >= 0.6 is 0 Å². The van der Waals surface area contributed by atoms with Gasteiger partial charge in [0.15, 0.2) is 5.82 Å². The third-order valence-electron chi connectivity index (χ3n) is 7.06. The van der Waals surface area contributed by atoms with Crippen molar-refractivity contribution in [1.82, 2.24) is 30.1 Å². The van der Waals surface area contributed by atoms with Crippen LogP contribution in [0.4, 0.5) is 6.01 Å². The topological polar surface area (TPSA) is 141 Å². The van der Waals surface area contributed by atoms with Crippen LogP contribution in [0.25, 0.3) is 11.4 Å². The van der Waals surface area contributed by atoms with Crippen molar-refractivity contribution in [3.05, 3.63) is 29.3 Å². The zero-order valence-corrected chi connectivity index (χ0v) is 20.1. The van der Waals surface area contributed by atoms with Gasteiger partial charge in [0.25, 0.3) is 0 Å². The first kappa shape index (κ1) is 23.3. The van der Waals surface area contributed by atoms with Crippen molar-refractivity contribution in [2.24, 2.45) is 18.9 Å². The van der Waals surface area contributed by atoms with Crippen LogP contribution in [0.5, 0.6) is 5.75 Å². The summed E-state index contributed by atoms with van der Waals surface area (Å²) in [6.45, 7) is 2.29. The Hall–Kier alpha value is -3.50. The second kappa shape index (κ2) is 10.0. The van der Waals surface area contributed by atoms with E-state index in [0.717, 1.165) is 36.5 Å². The maximum atomic E-state index is 11.4. The lowest BCUT2D eigenvalue weighted by molar-refractivity contribution is -0.143. The normalized spacial score (nSPS) is 20.4. The van der Waals surface area contributed by atoms with Crippen molar-refractivity contribution in [1.29, 1.82) is 0 Å². The van der Waals surface area contributed by atoms with E-state index in [1.165, 1.54) is 19.3 Å². The number of aliphatic carboxylic acids is 1. The minimum absolute atomic E-state index is 0.115. The summed E-state index contributed by atoms with van der Waals surface area (Å²) in [4.78, 5) is 20.5. The van der Waals surface area contributed by atoms with Crippen molar-refractivity contribution < 1.29 is 19.2 Å². The third-order valence-corrected chi connectivity index (χ3v) is 7.06. The summed E-state index contributed by atoms with van der Waals surface area (Å²) in [6.07, 6.45) is 7.44. The smallest absolute Gasteiger partial charge is 0.321 e. The molecule has 3 heterocycles. The summed E-state index contributed by atoms with van der Waals surface area (Å²) >= 11 is 0. The highest BCUT2D eigenvalue weighted by Gasteiger charge is 2.28. The van der Waals surface area contributed by atoms with E-state index in [-0.39, 0.29) is 12.0 Å². The lowest BCUT2D eigenvalue weighted by atomic mass is 9.83. The number of anilines is 1. The number of aryl methyl sites for hydroxylation is 2. The number of carbonyl (C=O) groups is 1. The predicted octanol–water partition coefficient (Wildman–Crippen LogP) is 3.55.